The summed E-state index contributed by atoms with van der Waals surface area (Å²) >= 11 is 0. The highest BCUT2D eigenvalue weighted by molar-refractivity contribution is 5.91. The second-order valence-electron chi connectivity index (χ2n) is 5.43. The minimum Gasteiger partial charge on any atom is -0.475 e. The number of hydrogen-bond acceptors (Lipinski definition) is 3. The molecule has 2 rings (SSSR count). The van der Waals surface area contributed by atoms with Crippen LogP contribution in [0.4, 0.5) is 10.5 Å². The van der Waals surface area contributed by atoms with Crippen molar-refractivity contribution >= 4 is 11.7 Å². The number of hydrogen-bond donors (Lipinski definition) is 1. The molecular weight excluding hydrogens is 290 g/mol. The lowest BCUT2D eigenvalue weighted by atomic mass is 10.2. The highest BCUT2D eigenvalue weighted by Crippen LogP contribution is 2.19. The van der Waals surface area contributed by atoms with Gasteiger partial charge in [-0.3, -0.25) is 4.90 Å². The van der Waals surface area contributed by atoms with Crippen LogP contribution in [0.25, 0.3) is 0 Å². The van der Waals surface area contributed by atoms with Gasteiger partial charge in [0.05, 0.1) is 24.5 Å². The predicted molar refractivity (Wildman–Crippen MR) is 91.7 cm³/mol. The molecule has 0 aliphatic heterocycles. The van der Waals surface area contributed by atoms with Crippen LogP contribution in [0, 0.1) is 0 Å². The maximum Gasteiger partial charge on any atom is 0.322 e. The number of carbonyl (C=O) groups excluding carboxylic acids is 1. The summed E-state index contributed by atoms with van der Waals surface area (Å²) in [6.07, 6.45) is 1.73. The standard InChI is InChI=1S/C18H23N3O2/c1-4-19-18(22)21(13-15-8-6-5-7-9-15)16-10-11-17(20-12-16)23-14(2)3/h5-12,14H,4,13H2,1-3H3,(H,19,22). The summed E-state index contributed by atoms with van der Waals surface area (Å²) in [6, 6.07) is 13.4. The van der Waals surface area contributed by atoms with Crippen LogP contribution in [0.2, 0.25) is 0 Å². The molecule has 0 bridgehead atoms. The average molecular weight is 313 g/mol. The molecule has 1 heterocycles. The van der Waals surface area contributed by atoms with Crippen molar-refractivity contribution in [1.29, 1.82) is 0 Å². The smallest absolute Gasteiger partial charge is 0.322 e. The number of rotatable bonds is 6. The molecule has 0 saturated heterocycles. The van der Waals surface area contributed by atoms with E-state index in [-0.39, 0.29) is 12.1 Å². The average Bonchev–Trinajstić information content (AvgIpc) is 2.54. The molecular formula is C18H23N3O2. The van der Waals surface area contributed by atoms with Crippen molar-refractivity contribution in [3.05, 3.63) is 54.2 Å². The summed E-state index contributed by atoms with van der Waals surface area (Å²) in [5, 5.41) is 2.84. The molecule has 2 aromatic rings. The first-order valence-corrected chi connectivity index (χ1v) is 7.82. The summed E-state index contributed by atoms with van der Waals surface area (Å²) < 4.78 is 5.54. The van der Waals surface area contributed by atoms with E-state index >= 15 is 0 Å². The molecule has 0 fully saturated rings. The Morgan fingerprint density at radius 1 is 1.22 bits per heavy atom. The molecule has 122 valence electrons. The Bertz CT molecular complexity index is 612. The van der Waals surface area contributed by atoms with E-state index < -0.39 is 0 Å². The van der Waals surface area contributed by atoms with Crippen LogP contribution < -0.4 is 15.0 Å². The predicted octanol–water partition coefficient (Wildman–Crippen LogP) is 3.60. The van der Waals surface area contributed by atoms with Gasteiger partial charge in [-0.1, -0.05) is 30.3 Å². The first-order valence-electron chi connectivity index (χ1n) is 7.82. The molecule has 23 heavy (non-hydrogen) atoms. The van der Waals surface area contributed by atoms with Crippen molar-refractivity contribution in [2.75, 3.05) is 11.4 Å². The molecule has 0 radical (unpaired) electrons. The van der Waals surface area contributed by atoms with E-state index in [1.807, 2.05) is 57.2 Å². The van der Waals surface area contributed by atoms with Gasteiger partial charge in [0.1, 0.15) is 0 Å². The normalized spacial score (nSPS) is 10.4. The molecule has 1 aromatic carbocycles. The van der Waals surface area contributed by atoms with E-state index in [0.717, 1.165) is 11.3 Å². The van der Waals surface area contributed by atoms with Gasteiger partial charge in [-0.25, -0.2) is 9.78 Å². The van der Waals surface area contributed by atoms with Gasteiger partial charge in [0.25, 0.3) is 0 Å². The number of urea groups is 1. The number of anilines is 1. The van der Waals surface area contributed by atoms with Gasteiger partial charge in [0, 0.05) is 12.6 Å². The lowest BCUT2D eigenvalue weighted by Gasteiger charge is -2.23. The third kappa shape index (κ3) is 4.98. The lowest BCUT2D eigenvalue weighted by molar-refractivity contribution is 0.232. The first-order chi connectivity index (χ1) is 11.1. The molecule has 0 unspecified atom stereocenters. The Labute approximate surface area is 137 Å². The third-order valence-corrected chi connectivity index (χ3v) is 3.15. The van der Waals surface area contributed by atoms with Gasteiger partial charge in [-0.05, 0) is 32.4 Å². The highest BCUT2D eigenvalue weighted by atomic mass is 16.5. The molecule has 1 aromatic heterocycles. The van der Waals surface area contributed by atoms with Gasteiger partial charge in [-0.15, -0.1) is 0 Å². The van der Waals surface area contributed by atoms with E-state index in [1.165, 1.54) is 0 Å². The Morgan fingerprint density at radius 2 is 1.96 bits per heavy atom. The lowest BCUT2D eigenvalue weighted by Crippen LogP contribution is -2.39. The van der Waals surface area contributed by atoms with Crippen LogP contribution >= 0.6 is 0 Å². The van der Waals surface area contributed by atoms with Crippen LogP contribution in [0.1, 0.15) is 26.3 Å². The zero-order valence-electron chi connectivity index (χ0n) is 13.8. The fraction of sp³-hybridized carbons (Fsp3) is 0.333. The Morgan fingerprint density at radius 3 is 2.52 bits per heavy atom. The van der Waals surface area contributed by atoms with Crippen LogP contribution in [0.3, 0.4) is 0 Å². The van der Waals surface area contributed by atoms with Crippen molar-refractivity contribution in [1.82, 2.24) is 10.3 Å². The van der Waals surface area contributed by atoms with Crippen LogP contribution in [0.15, 0.2) is 48.7 Å². The topological polar surface area (TPSA) is 54.5 Å². The molecule has 0 aliphatic rings. The molecule has 0 aliphatic carbocycles. The number of pyridine rings is 1. The van der Waals surface area contributed by atoms with E-state index in [0.29, 0.717) is 19.0 Å². The van der Waals surface area contributed by atoms with Crippen LogP contribution in [-0.2, 0) is 6.54 Å². The number of carbonyl (C=O) groups is 1. The summed E-state index contributed by atoms with van der Waals surface area (Å²) in [7, 11) is 0. The number of aromatic nitrogens is 1. The molecule has 0 atom stereocenters. The van der Waals surface area contributed by atoms with Crippen molar-refractivity contribution < 1.29 is 9.53 Å². The number of ether oxygens (including phenoxy) is 1. The number of amides is 2. The summed E-state index contributed by atoms with van der Waals surface area (Å²) in [5.41, 5.74) is 1.79. The zero-order chi connectivity index (χ0) is 16.7. The van der Waals surface area contributed by atoms with E-state index in [2.05, 4.69) is 10.3 Å². The minimum atomic E-state index is -0.143. The zero-order valence-corrected chi connectivity index (χ0v) is 13.8. The maximum absolute atomic E-state index is 12.4. The Kier molecular flexibility index (Phi) is 5.97. The van der Waals surface area contributed by atoms with Crippen LogP contribution in [-0.4, -0.2) is 23.7 Å². The molecule has 1 N–H and O–H groups in total. The fourth-order valence-electron chi connectivity index (χ4n) is 2.14. The van der Waals surface area contributed by atoms with E-state index in [1.54, 1.807) is 17.2 Å². The second kappa shape index (κ2) is 8.17. The minimum absolute atomic E-state index is 0.0668. The Balaban J connectivity index is 2.20. The van der Waals surface area contributed by atoms with Crippen LogP contribution in [0.5, 0.6) is 5.88 Å². The third-order valence-electron chi connectivity index (χ3n) is 3.15. The maximum atomic E-state index is 12.4. The molecule has 2 amide bonds. The van der Waals surface area contributed by atoms with Gasteiger partial charge < -0.3 is 10.1 Å². The van der Waals surface area contributed by atoms with Crippen molar-refractivity contribution in [2.24, 2.45) is 0 Å². The van der Waals surface area contributed by atoms with Gasteiger partial charge in [0.2, 0.25) is 5.88 Å². The summed E-state index contributed by atoms with van der Waals surface area (Å²) in [4.78, 5) is 18.3. The number of nitrogens with one attached hydrogen (secondary N) is 1. The monoisotopic (exact) mass is 313 g/mol. The first kappa shape index (κ1) is 16.8. The SMILES string of the molecule is CCNC(=O)N(Cc1ccccc1)c1ccc(OC(C)C)nc1. The van der Waals surface area contributed by atoms with Crippen molar-refractivity contribution in [3.8, 4) is 5.88 Å². The highest BCUT2D eigenvalue weighted by Gasteiger charge is 2.16. The molecule has 0 saturated carbocycles. The molecule has 5 heteroatoms. The fourth-order valence-corrected chi connectivity index (χ4v) is 2.14. The summed E-state index contributed by atoms with van der Waals surface area (Å²) in [6.45, 7) is 6.86. The Hall–Kier alpha value is -2.56. The summed E-state index contributed by atoms with van der Waals surface area (Å²) in [5.74, 6) is 0.555. The van der Waals surface area contributed by atoms with Gasteiger partial charge in [-0.2, -0.15) is 0 Å². The van der Waals surface area contributed by atoms with E-state index in [9.17, 15) is 4.79 Å². The van der Waals surface area contributed by atoms with Gasteiger partial charge >= 0.3 is 6.03 Å². The quantitative estimate of drug-likeness (QED) is 0.886. The van der Waals surface area contributed by atoms with Gasteiger partial charge in [0.15, 0.2) is 0 Å². The van der Waals surface area contributed by atoms with Crippen molar-refractivity contribution in [2.45, 2.75) is 33.4 Å². The van der Waals surface area contributed by atoms with E-state index in [4.69, 9.17) is 4.74 Å². The molecule has 0 spiro atoms. The number of nitrogens with zero attached hydrogens (tertiary/aromatic N) is 2. The number of benzene rings is 1. The second-order valence-corrected chi connectivity index (χ2v) is 5.43. The van der Waals surface area contributed by atoms with Crippen molar-refractivity contribution in [3.63, 3.8) is 0 Å². The molecule has 5 nitrogen and oxygen atoms in total. The largest absolute Gasteiger partial charge is 0.475 e.